The molecule has 2 heterocycles. The highest BCUT2D eigenvalue weighted by Gasteiger charge is 2.12. The molecule has 18 heavy (non-hydrogen) atoms. The van der Waals surface area contributed by atoms with E-state index in [-0.39, 0.29) is 0 Å². The van der Waals surface area contributed by atoms with E-state index in [1.54, 1.807) is 0 Å². The van der Waals surface area contributed by atoms with E-state index in [2.05, 4.69) is 20.9 Å². The lowest BCUT2D eigenvalue weighted by molar-refractivity contribution is 1.08. The van der Waals surface area contributed by atoms with Gasteiger partial charge in [-0.1, -0.05) is 30.3 Å². The Hall–Kier alpha value is -1.32. The second-order valence-corrected chi connectivity index (χ2v) is 5.17. The third-order valence-corrected chi connectivity index (χ3v) is 3.58. The van der Waals surface area contributed by atoms with Gasteiger partial charge < -0.3 is 4.40 Å². The second kappa shape index (κ2) is 4.75. The third kappa shape index (κ3) is 1.93. The van der Waals surface area contributed by atoms with Gasteiger partial charge >= 0.3 is 0 Å². The molecule has 2 nitrogen and oxygen atoms in total. The quantitative estimate of drug-likeness (QED) is 0.635. The summed E-state index contributed by atoms with van der Waals surface area (Å²) in [7, 11) is 0. The number of benzene rings is 1. The highest BCUT2D eigenvalue weighted by Crippen LogP contribution is 2.26. The van der Waals surface area contributed by atoms with Crippen molar-refractivity contribution in [1.82, 2.24) is 9.38 Å². The van der Waals surface area contributed by atoms with E-state index in [1.807, 2.05) is 53.1 Å². The summed E-state index contributed by atoms with van der Waals surface area (Å²) in [6.07, 6.45) is 1.99. The molecule has 0 amide bonds. The van der Waals surface area contributed by atoms with Gasteiger partial charge in [0.2, 0.25) is 0 Å². The van der Waals surface area contributed by atoms with Crippen LogP contribution in [0.15, 0.2) is 53.1 Å². The van der Waals surface area contributed by atoms with Crippen LogP contribution in [0.25, 0.3) is 16.9 Å². The molecule has 3 aromatic rings. The number of aromatic nitrogens is 2. The summed E-state index contributed by atoms with van der Waals surface area (Å²) in [6.45, 7) is 0. The van der Waals surface area contributed by atoms with Crippen molar-refractivity contribution < 1.29 is 0 Å². The molecule has 0 unspecified atom stereocenters. The standard InChI is InChI=1S/C14H10BrClN2/c15-11-6-7-13-17-14(10-4-2-1-3-5-10)12(8-16)18(13)9-11/h1-7,9H,8H2. The predicted molar refractivity (Wildman–Crippen MR) is 77.9 cm³/mol. The van der Waals surface area contributed by atoms with Gasteiger partial charge in [-0.3, -0.25) is 0 Å². The molecule has 0 aliphatic carbocycles. The van der Waals surface area contributed by atoms with Crippen molar-refractivity contribution >= 4 is 33.2 Å². The summed E-state index contributed by atoms with van der Waals surface area (Å²) in [5.74, 6) is 0.432. The average Bonchev–Trinajstić information content (AvgIpc) is 2.77. The van der Waals surface area contributed by atoms with Crippen LogP contribution in [0, 0.1) is 0 Å². The zero-order valence-corrected chi connectivity index (χ0v) is 11.8. The molecule has 3 rings (SSSR count). The van der Waals surface area contributed by atoms with Gasteiger partial charge in [-0.05, 0) is 28.1 Å². The maximum absolute atomic E-state index is 6.08. The SMILES string of the molecule is ClCc1c(-c2ccccc2)nc2ccc(Br)cn12. The molecule has 0 saturated heterocycles. The smallest absolute Gasteiger partial charge is 0.137 e. The van der Waals surface area contributed by atoms with Crippen LogP contribution < -0.4 is 0 Å². The zero-order chi connectivity index (χ0) is 12.5. The topological polar surface area (TPSA) is 17.3 Å². The number of rotatable bonds is 2. The van der Waals surface area contributed by atoms with Crippen LogP contribution in [-0.2, 0) is 5.88 Å². The van der Waals surface area contributed by atoms with E-state index in [9.17, 15) is 0 Å². The Morgan fingerprint density at radius 1 is 1.11 bits per heavy atom. The van der Waals surface area contributed by atoms with Crippen molar-refractivity contribution in [3.05, 3.63) is 58.8 Å². The average molecular weight is 322 g/mol. The highest BCUT2D eigenvalue weighted by atomic mass is 79.9. The van der Waals surface area contributed by atoms with Crippen molar-refractivity contribution in [2.24, 2.45) is 0 Å². The third-order valence-electron chi connectivity index (χ3n) is 2.86. The molecule has 90 valence electrons. The fourth-order valence-corrected chi connectivity index (χ4v) is 2.61. The molecular formula is C14H10BrClN2. The first-order chi connectivity index (χ1) is 8.79. The summed E-state index contributed by atoms with van der Waals surface area (Å²) in [6, 6.07) is 14.1. The van der Waals surface area contributed by atoms with Gasteiger partial charge in [0, 0.05) is 16.2 Å². The van der Waals surface area contributed by atoms with E-state index in [1.165, 1.54) is 0 Å². The molecule has 0 saturated carbocycles. The van der Waals surface area contributed by atoms with Crippen molar-refractivity contribution in [1.29, 1.82) is 0 Å². The Morgan fingerprint density at radius 2 is 1.89 bits per heavy atom. The summed E-state index contributed by atoms with van der Waals surface area (Å²) >= 11 is 9.55. The Labute approximate surface area is 118 Å². The Kier molecular flexibility index (Phi) is 3.10. The van der Waals surface area contributed by atoms with Crippen molar-refractivity contribution in [2.45, 2.75) is 5.88 Å². The maximum atomic E-state index is 6.08. The van der Waals surface area contributed by atoms with Gasteiger partial charge in [0.15, 0.2) is 0 Å². The summed E-state index contributed by atoms with van der Waals surface area (Å²) < 4.78 is 3.04. The van der Waals surface area contributed by atoms with Gasteiger partial charge in [0.05, 0.1) is 17.3 Å². The normalized spacial score (nSPS) is 11.0. The van der Waals surface area contributed by atoms with Gasteiger partial charge in [-0.15, -0.1) is 11.6 Å². The molecule has 2 aromatic heterocycles. The molecule has 0 atom stereocenters. The molecule has 4 heteroatoms. The van der Waals surface area contributed by atoms with Crippen LogP contribution in [0.1, 0.15) is 5.69 Å². The molecule has 0 fully saturated rings. The predicted octanol–water partition coefficient (Wildman–Crippen LogP) is 4.50. The lowest BCUT2D eigenvalue weighted by atomic mass is 10.1. The van der Waals surface area contributed by atoms with E-state index < -0.39 is 0 Å². The van der Waals surface area contributed by atoms with Gasteiger partial charge in [0.25, 0.3) is 0 Å². The number of hydrogen-bond acceptors (Lipinski definition) is 1. The number of pyridine rings is 1. The number of hydrogen-bond donors (Lipinski definition) is 0. The van der Waals surface area contributed by atoms with E-state index in [4.69, 9.17) is 11.6 Å². The lowest BCUT2D eigenvalue weighted by Gasteiger charge is -2.01. The molecule has 0 aliphatic rings. The van der Waals surface area contributed by atoms with Crippen molar-refractivity contribution in [2.75, 3.05) is 0 Å². The number of alkyl halides is 1. The Bertz CT molecular complexity index is 692. The number of nitrogens with zero attached hydrogens (tertiary/aromatic N) is 2. The molecule has 0 spiro atoms. The van der Waals surface area contributed by atoms with Gasteiger partial charge in [-0.25, -0.2) is 4.98 Å². The fraction of sp³-hybridized carbons (Fsp3) is 0.0714. The Morgan fingerprint density at radius 3 is 2.61 bits per heavy atom. The van der Waals surface area contributed by atoms with Crippen LogP contribution in [0.4, 0.5) is 0 Å². The minimum Gasteiger partial charge on any atom is -0.301 e. The number of fused-ring (bicyclic) bond motifs is 1. The second-order valence-electron chi connectivity index (χ2n) is 3.98. The van der Waals surface area contributed by atoms with E-state index in [0.717, 1.165) is 27.1 Å². The molecule has 0 radical (unpaired) electrons. The number of halogens is 2. The first-order valence-electron chi connectivity index (χ1n) is 5.57. The molecule has 0 aliphatic heterocycles. The van der Waals surface area contributed by atoms with E-state index >= 15 is 0 Å². The van der Waals surface area contributed by atoms with Crippen molar-refractivity contribution in [3.63, 3.8) is 0 Å². The minimum atomic E-state index is 0.432. The van der Waals surface area contributed by atoms with Crippen LogP contribution >= 0.6 is 27.5 Å². The summed E-state index contributed by atoms with van der Waals surface area (Å²) in [5.41, 5.74) is 3.96. The largest absolute Gasteiger partial charge is 0.301 e. The lowest BCUT2D eigenvalue weighted by Crippen LogP contribution is -1.91. The summed E-state index contributed by atoms with van der Waals surface area (Å²) in [4.78, 5) is 4.65. The summed E-state index contributed by atoms with van der Waals surface area (Å²) in [5, 5.41) is 0. The fourth-order valence-electron chi connectivity index (χ4n) is 2.02. The van der Waals surface area contributed by atoms with Crippen LogP contribution in [0.3, 0.4) is 0 Å². The van der Waals surface area contributed by atoms with Gasteiger partial charge in [0.1, 0.15) is 5.65 Å². The number of imidazole rings is 1. The first kappa shape index (κ1) is 11.8. The van der Waals surface area contributed by atoms with E-state index in [0.29, 0.717) is 5.88 Å². The molecule has 0 N–H and O–H groups in total. The first-order valence-corrected chi connectivity index (χ1v) is 6.90. The molecule has 1 aromatic carbocycles. The van der Waals surface area contributed by atoms with Gasteiger partial charge in [-0.2, -0.15) is 0 Å². The minimum absolute atomic E-state index is 0.432. The highest BCUT2D eigenvalue weighted by molar-refractivity contribution is 9.10. The Balaban J connectivity index is 2.30. The van der Waals surface area contributed by atoms with Crippen molar-refractivity contribution in [3.8, 4) is 11.3 Å². The monoisotopic (exact) mass is 320 g/mol. The van der Waals surface area contributed by atoms with Crippen LogP contribution in [-0.4, -0.2) is 9.38 Å². The van der Waals surface area contributed by atoms with Crippen LogP contribution in [0.5, 0.6) is 0 Å². The van der Waals surface area contributed by atoms with Crippen LogP contribution in [0.2, 0.25) is 0 Å². The zero-order valence-electron chi connectivity index (χ0n) is 9.48. The molecule has 0 bridgehead atoms. The molecular weight excluding hydrogens is 312 g/mol. The maximum Gasteiger partial charge on any atom is 0.137 e.